The number of rotatable bonds is 5. The van der Waals surface area contributed by atoms with Gasteiger partial charge in [0.1, 0.15) is 5.75 Å². The van der Waals surface area contributed by atoms with Crippen LogP contribution in [0.25, 0.3) is 0 Å². The van der Waals surface area contributed by atoms with Gasteiger partial charge in [0.25, 0.3) is 0 Å². The molecular formula is C17H18O2. The maximum absolute atomic E-state index is 11.2. The Morgan fingerprint density at radius 3 is 2.32 bits per heavy atom. The maximum Gasteiger partial charge on any atom is 0.159 e. The number of carbonyl (C=O) groups is 1. The summed E-state index contributed by atoms with van der Waals surface area (Å²) >= 11 is 0. The van der Waals surface area contributed by atoms with Crippen molar-refractivity contribution in [3.63, 3.8) is 0 Å². The van der Waals surface area contributed by atoms with Crippen molar-refractivity contribution in [3.05, 3.63) is 65.2 Å². The van der Waals surface area contributed by atoms with Crippen LogP contribution in [0.3, 0.4) is 0 Å². The number of para-hydroxylation sites is 1. The summed E-state index contributed by atoms with van der Waals surface area (Å²) in [5.41, 5.74) is 2.97. The van der Waals surface area contributed by atoms with Crippen LogP contribution >= 0.6 is 0 Å². The lowest BCUT2D eigenvalue weighted by atomic mass is 10.0. The lowest BCUT2D eigenvalue weighted by Gasteiger charge is -2.05. The average Bonchev–Trinajstić information content (AvgIpc) is 2.41. The minimum absolute atomic E-state index is 0.0979. The number of carbonyl (C=O) groups excluding carboxylic acids is 1. The van der Waals surface area contributed by atoms with Crippen molar-refractivity contribution < 1.29 is 9.90 Å². The molecule has 0 aliphatic carbocycles. The third kappa shape index (κ3) is 3.68. The highest BCUT2D eigenvalue weighted by Crippen LogP contribution is 2.18. The van der Waals surface area contributed by atoms with Gasteiger partial charge in [-0.05, 0) is 43.4 Å². The Kier molecular flexibility index (Phi) is 4.35. The molecule has 2 heteroatoms. The molecule has 0 spiro atoms. The third-order valence-electron chi connectivity index (χ3n) is 3.26. The smallest absolute Gasteiger partial charge is 0.159 e. The molecule has 19 heavy (non-hydrogen) atoms. The fourth-order valence-corrected chi connectivity index (χ4v) is 2.11. The molecule has 0 aliphatic rings. The fourth-order valence-electron chi connectivity index (χ4n) is 2.11. The van der Waals surface area contributed by atoms with Gasteiger partial charge in [-0.3, -0.25) is 4.79 Å². The zero-order valence-electron chi connectivity index (χ0n) is 11.1. The van der Waals surface area contributed by atoms with Gasteiger partial charge in [-0.2, -0.15) is 0 Å². The van der Waals surface area contributed by atoms with Crippen molar-refractivity contribution in [2.75, 3.05) is 0 Å². The maximum atomic E-state index is 11.2. The molecule has 0 radical (unpaired) electrons. The second kappa shape index (κ2) is 6.19. The molecular weight excluding hydrogens is 236 g/mol. The van der Waals surface area contributed by atoms with Crippen molar-refractivity contribution in [2.24, 2.45) is 0 Å². The molecule has 0 unspecified atom stereocenters. The molecule has 2 aromatic rings. The van der Waals surface area contributed by atoms with E-state index in [1.165, 1.54) is 5.56 Å². The van der Waals surface area contributed by atoms with Crippen molar-refractivity contribution in [2.45, 2.75) is 26.2 Å². The Balaban J connectivity index is 1.89. The van der Waals surface area contributed by atoms with Crippen LogP contribution in [0.2, 0.25) is 0 Å². The van der Waals surface area contributed by atoms with Crippen molar-refractivity contribution in [3.8, 4) is 5.75 Å². The Morgan fingerprint density at radius 1 is 1.00 bits per heavy atom. The summed E-state index contributed by atoms with van der Waals surface area (Å²) < 4.78 is 0. The van der Waals surface area contributed by atoms with Crippen LogP contribution in [-0.2, 0) is 12.8 Å². The first-order chi connectivity index (χ1) is 9.16. The van der Waals surface area contributed by atoms with E-state index in [2.05, 4.69) is 0 Å². The second-order valence-electron chi connectivity index (χ2n) is 4.74. The van der Waals surface area contributed by atoms with Crippen molar-refractivity contribution >= 4 is 5.78 Å². The lowest BCUT2D eigenvalue weighted by Crippen LogP contribution is -1.94. The van der Waals surface area contributed by atoms with E-state index >= 15 is 0 Å². The van der Waals surface area contributed by atoms with E-state index in [1.807, 2.05) is 42.5 Å². The van der Waals surface area contributed by atoms with E-state index < -0.39 is 0 Å². The summed E-state index contributed by atoms with van der Waals surface area (Å²) in [6.45, 7) is 1.58. The molecule has 0 atom stereocenters. The van der Waals surface area contributed by atoms with Crippen LogP contribution in [-0.4, -0.2) is 10.9 Å². The molecule has 0 saturated carbocycles. The Bertz CT molecular complexity index is 556. The first-order valence-electron chi connectivity index (χ1n) is 6.53. The number of aryl methyl sites for hydroxylation is 2. The van der Waals surface area contributed by atoms with E-state index in [-0.39, 0.29) is 5.78 Å². The normalized spacial score (nSPS) is 10.4. The lowest BCUT2D eigenvalue weighted by molar-refractivity contribution is 0.101. The first kappa shape index (κ1) is 13.3. The minimum Gasteiger partial charge on any atom is -0.508 e. The third-order valence-corrected chi connectivity index (χ3v) is 3.26. The number of ketones is 1. The van der Waals surface area contributed by atoms with E-state index in [4.69, 9.17) is 0 Å². The highest BCUT2D eigenvalue weighted by atomic mass is 16.3. The second-order valence-corrected chi connectivity index (χ2v) is 4.74. The predicted octanol–water partition coefficient (Wildman–Crippen LogP) is 3.77. The van der Waals surface area contributed by atoms with Gasteiger partial charge in [-0.1, -0.05) is 42.5 Å². The highest BCUT2D eigenvalue weighted by molar-refractivity contribution is 5.93. The molecule has 0 bridgehead atoms. The molecule has 0 saturated heterocycles. The van der Waals surface area contributed by atoms with Crippen LogP contribution in [0.1, 0.15) is 34.8 Å². The average molecular weight is 254 g/mol. The number of aromatic hydroxyl groups is 1. The van der Waals surface area contributed by atoms with Gasteiger partial charge < -0.3 is 5.11 Å². The molecule has 2 nitrogen and oxygen atoms in total. The molecule has 1 N–H and O–H groups in total. The summed E-state index contributed by atoms with van der Waals surface area (Å²) in [4.78, 5) is 11.2. The zero-order valence-corrected chi connectivity index (χ0v) is 11.1. The van der Waals surface area contributed by atoms with Crippen LogP contribution in [0.4, 0.5) is 0 Å². The van der Waals surface area contributed by atoms with E-state index in [0.717, 1.165) is 30.4 Å². The van der Waals surface area contributed by atoms with Gasteiger partial charge in [-0.25, -0.2) is 0 Å². The molecule has 0 heterocycles. The van der Waals surface area contributed by atoms with Gasteiger partial charge in [0.2, 0.25) is 0 Å². The summed E-state index contributed by atoms with van der Waals surface area (Å²) in [6.07, 6.45) is 2.80. The Labute approximate surface area is 113 Å². The Hall–Kier alpha value is -2.09. The van der Waals surface area contributed by atoms with Crippen molar-refractivity contribution in [1.29, 1.82) is 0 Å². The minimum atomic E-state index is 0.0979. The van der Waals surface area contributed by atoms with Gasteiger partial charge >= 0.3 is 0 Å². The number of hydrogen-bond acceptors (Lipinski definition) is 2. The standard InChI is InChI=1S/C17H18O2/c1-13(18)15-11-9-14(10-12-15)5-4-7-16-6-2-3-8-17(16)19/h2-3,6,8-12,19H,4-5,7H2,1H3. The summed E-state index contributed by atoms with van der Waals surface area (Å²) in [5, 5.41) is 9.67. The molecule has 2 aromatic carbocycles. The quantitative estimate of drug-likeness (QED) is 0.825. The molecule has 2 rings (SSSR count). The summed E-state index contributed by atoms with van der Waals surface area (Å²) in [7, 11) is 0. The summed E-state index contributed by atoms with van der Waals surface area (Å²) in [6, 6.07) is 15.2. The molecule has 98 valence electrons. The van der Waals surface area contributed by atoms with Crippen LogP contribution in [0.15, 0.2) is 48.5 Å². The fraction of sp³-hybridized carbons (Fsp3) is 0.235. The van der Waals surface area contributed by atoms with Crippen molar-refractivity contribution in [1.82, 2.24) is 0 Å². The van der Waals surface area contributed by atoms with Gasteiger partial charge in [0.15, 0.2) is 5.78 Å². The van der Waals surface area contributed by atoms with E-state index in [1.54, 1.807) is 13.0 Å². The monoisotopic (exact) mass is 254 g/mol. The molecule has 0 fully saturated rings. The number of phenols is 1. The van der Waals surface area contributed by atoms with Crippen LogP contribution in [0, 0.1) is 0 Å². The number of phenolic OH excluding ortho intramolecular Hbond substituents is 1. The summed E-state index contributed by atoms with van der Waals surface area (Å²) in [5.74, 6) is 0.468. The number of benzene rings is 2. The topological polar surface area (TPSA) is 37.3 Å². The van der Waals surface area contributed by atoms with E-state index in [0.29, 0.717) is 5.75 Å². The predicted molar refractivity (Wildman–Crippen MR) is 76.6 cm³/mol. The highest BCUT2D eigenvalue weighted by Gasteiger charge is 2.01. The zero-order chi connectivity index (χ0) is 13.7. The molecule has 0 amide bonds. The number of hydrogen-bond donors (Lipinski definition) is 1. The van der Waals surface area contributed by atoms with E-state index in [9.17, 15) is 9.90 Å². The van der Waals surface area contributed by atoms with Gasteiger partial charge in [0, 0.05) is 5.56 Å². The molecule has 0 aromatic heterocycles. The van der Waals surface area contributed by atoms with Gasteiger partial charge in [0.05, 0.1) is 0 Å². The van der Waals surface area contributed by atoms with Gasteiger partial charge in [-0.15, -0.1) is 0 Å². The van der Waals surface area contributed by atoms with Crippen LogP contribution in [0.5, 0.6) is 5.75 Å². The Morgan fingerprint density at radius 2 is 1.68 bits per heavy atom. The molecule has 0 aliphatic heterocycles. The van der Waals surface area contributed by atoms with Crippen LogP contribution < -0.4 is 0 Å². The SMILES string of the molecule is CC(=O)c1ccc(CCCc2ccccc2O)cc1. The largest absolute Gasteiger partial charge is 0.508 e. The first-order valence-corrected chi connectivity index (χ1v) is 6.53. The number of Topliss-reactive ketones (excluding diaryl/α,β-unsaturated/α-hetero) is 1.